The average molecular weight is 335 g/mol. The standard InChI is InChI=1S/C11H13BrClN3O2/c1-11(2,10(14)16-18)15-9(17)7-5-6(13)3-4-8(7)12/h3-5,18H,1-2H3,(H2,14,16)(H,15,17). The highest BCUT2D eigenvalue weighted by Crippen LogP contribution is 2.21. The molecule has 4 N–H and O–H groups in total. The van der Waals surface area contributed by atoms with Crippen molar-refractivity contribution in [3.05, 3.63) is 33.3 Å². The molecule has 0 bridgehead atoms. The van der Waals surface area contributed by atoms with Gasteiger partial charge in [-0.1, -0.05) is 16.8 Å². The second-order valence-corrected chi connectivity index (χ2v) is 5.48. The van der Waals surface area contributed by atoms with Crippen LogP contribution in [0.5, 0.6) is 0 Å². The summed E-state index contributed by atoms with van der Waals surface area (Å²) in [7, 11) is 0. The van der Waals surface area contributed by atoms with Crippen molar-refractivity contribution in [2.45, 2.75) is 19.4 Å². The molecule has 0 heterocycles. The molecule has 0 aliphatic rings. The Bertz CT molecular complexity index is 503. The number of carbonyl (C=O) groups excluding carboxylic acids is 1. The van der Waals surface area contributed by atoms with E-state index < -0.39 is 5.54 Å². The molecule has 0 unspecified atom stereocenters. The number of rotatable bonds is 3. The van der Waals surface area contributed by atoms with Crippen molar-refractivity contribution in [1.82, 2.24) is 5.32 Å². The van der Waals surface area contributed by atoms with Crippen LogP contribution >= 0.6 is 27.5 Å². The van der Waals surface area contributed by atoms with Crippen molar-refractivity contribution in [2.75, 3.05) is 0 Å². The molecule has 0 fully saturated rings. The largest absolute Gasteiger partial charge is 0.409 e. The number of halogens is 2. The quantitative estimate of drug-likeness (QED) is 0.343. The fraction of sp³-hybridized carbons (Fsp3) is 0.273. The summed E-state index contributed by atoms with van der Waals surface area (Å²) in [6.45, 7) is 3.25. The molecule has 0 radical (unpaired) electrons. The van der Waals surface area contributed by atoms with Gasteiger partial charge in [0.15, 0.2) is 5.84 Å². The van der Waals surface area contributed by atoms with Gasteiger partial charge >= 0.3 is 0 Å². The van der Waals surface area contributed by atoms with Gasteiger partial charge in [0.25, 0.3) is 5.91 Å². The van der Waals surface area contributed by atoms with Gasteiger partial charge in [-0.05, 0) is 48.0 Å². The third kappa shape index (κ3) is 3.36. The van der Waals surface area contributed by atoms with Crippen molar-refractivity contribution >= 4 is 39.3 Å². The SMILES string of the molecule is CC(C)(NC(=O)c1cc(Cl)ccc1Br)/C(N)=N/O. The summed E-state index contributed by atoms with van der Waals surface area (Å²) in [4.78, 5) is 12.1. The lowest BCUT2D eigenvalue weighted by atomic mass is 10.0. The maximum absolute atomic E-state index is 12.1. The van der Waals surface area contributed by atoms with Crippen LogP contribution in [0.3, 0.4) is 0 Å². The Hall–Kier alpha value is -1.27. The molecule has 0 aliphatic carbocycles. The van der Waals surface area contributed by atoms with Crippen LogP contribution in [0.15, 0.2) is 27.8 Å². The second-order valence-electron chi connectivity index (χ2n) is 4.19. The van der Waals surface area contributed by atoms with Crippen LogP contribution in [-0.2, 0) is 0 Å². The highest BCUT2D eigenvalue weighted by Gasteiger charge is 2.27. The lowest BCUT2D eigenvalue weighted by Gasteiger charge is -2.24. The lowest BCUT2D eigenvalue weighted by Crippen LogP contribution is -2.53. The zero-order valence-corrected chi connectivity index (χ0v) is 12.2. The zero-order valence-electron chi connectivity index (χ0n) is 9.87. The summed E-state index contributed by atoms with van der Waals surface area (Å²) < 4.78 is 0.611. The molecule has 1 aromatic carbocycles. The van der Waals surface area contributed by atoms with E-state index >= 15 is 0 Å². The topological polar surface area (TPSA) is 87.7 Å². The van der Waals surface area contributed by atoms with Gasteiger partial charge in [0.05, 0.1) is 11.1 Å². The van der Waals surface area contributed by atoms with Crippen molar-refractivity contribution in [1.29, 1.82) is 0 Å². The molecule has 0 aromatic heterocycles. The molecular weight excluding hydrogens is 321 g/mol. The minimum absolute atomic E-state index is 0.0889. The van der Waals surface area contributed by atoms with Gasteiger partial charge < -0.3 is 16.3 Å². The number of hydrogen-bond acceptors (Lipinski definition) is 3. The van der Waals surface area contributed by atoms with Crippen LogP contribution in [0.2, 0.25) is 5.02 Å². The van der Waals surface area contributed by atoms with Crippen LogP contribution in [0.25, 0.3) is 0 Å². The minimum Gasteiger partial charge on any atom is -0.409 e. The van der Waals surface area contributed by atoms with E-state index in [1.807, 2.05) is 0 Å². The van der Waals surface area contributed by atoms with Gasteiger partial charge in [-0.25, -0.2) is 0 Å². The molecule has 0 spiro atoms. The molecule has 0 saturated carbocycles. The molecule has 1 amide bonds. The maximum atomic E-state index is 12.1. The number of nitrogens with zero attached hydrogens (tertiary/aromatic N) is 1. The summed E-state index contributed by atoms with van der Waals surface area (Å²) in [5, 5.41) is 14.6. The van der Waals surface area contributed by atoms with E-state index in [0.717, 1.165) is 0 Å². The Morgan fingerprint density at radius 3 is 2.72 bits per heavy atom. The molecule has 18 heavy (non-hydrogen) atoms. The number of oxime groups is 1. The molecule has 7 heteroatoms. The van der Waals surface area contributed by atoms with Gasteiger partial charge in [0, 0.05) is 9.50 Å². The molecule has 1 rings (SSSR count). The summed E-state index contributed by atoms with van der Waals surface area (Å²) in [6, 6.07) is 4.87. The highest BCUT2D eigenvalue weighted by molar-refractivity contribution is 9.10. The fourth-order valence-electron chi connectivity index (χ4n) is 1.21. The molecule has 0 aliphatic heterocycles. The van der Waals surface area contributed by atoms with Crippen LogP contribution in [-0.4, -0.2) is 22.5 Å². The highest BCUT2D eigenvalue weighted by atomic mass is 79.9. The zero-order chi connectivity index (χ0) is 13.9. The average Bonchev–Trinajstić information content (AvgIpc) is 2.30. The van der Waals surface area contributed by atoms with Gasteiger partial charge in [0.1, 0.15) is 0 Å². The molecule has 0 atom stereocenters. The van der Waals surface area contributed by atoms with Crippen LogP contribution in [0.1, 0.15) is 24.2 Å². The van der Waals surface area contributed by atoms with Crippen LogP contribution in [0, 0.1) is 0 Å². The molecule has 98 valence electrons. The Labute approximate surface area is 118 Å². The molecule has 1 aromatic rings. The summed E-state index contributed by atoms with van der Waals surface area (Å²) in [6.07, 6.45) is 0. The molecular formula is C11H13BrClN3O2. The van der Waals surface area contributed by atoms with E-state index in [4.69, 9.17) is 22.5 Å². The first-order chi connectivity index (χ1) is 8.27. The number of amides is 1. The number of carbonyl (C=O) groups is 1. The van der Waals surface area contributed by atoms with Crippen molar-refractivity contribution in [3.8, 4) is 0 Å². The minimum atomic E-state index is -0.965. The predicted octanol–water partition coefficient (Wildman–Crippen LogP) is 2.36. The van der Waals surface area contributed by atoms with E-state index in [0.29, 0.717) is 15.1 Å². The van der Waals surface area contributed by atoms with E-state index in [9.17, 15) is 4.79 Å². The smallest absolute Gasteiger partial charge is 0.253 e. The first kappa shape index (κ1) is 14.8. The Morgan fingerprint density at radius 2 is 2.17 bits per heavy atom. The number of benzene rings is 1. The van der Waals surface area contributed by atoms with E-state index in [1.165, 1.54) is 6.07 Å². The van der Waals surface area contributed by atoms with Gasteiger partial charge in [0.2, 0.25) is 0 Å². The number of hydrogen-bond donors (Lipinski definition) is 3. The first-order valence-corrected chi connectivity index (χ1v) is 6.20. The van der Waals surface area contributed by atoms with E-state index in [2.05, 4.69) is 26.4 Å². The van der Waals surface area contributed by atoms with Crippen molar-refractivity contribution in [2.24, 2.45) is 10.9 Å². The van der Waals surface area contributed by atoms with E-state index in [-0.39, 0.29) is 11.7 Å². The predicted molar refractivity (Wildman–Crippen MR) is 74.1 cm³/mol. The maximum Gasteiger partial charge on any atom is 0.253 e. The normalized spacial score (nSPS) is 12.3. The third-order valence-corrected chi connectivity index (χ3v) is 3.27. The Morgan fingerprint density at radius 1 is 1.56 bits per heavy atom. The Kier molecular flexibility index (Phi) is 4.59. The number of nitrogens with one attached hydrogen (secondary N) is 1. The van der Waals surface area contributed by atoms with Crippen LogP contribution in [0.4, 0.5) is 0 Å². The third-order valence-electron chi connectivity index (χ3n) is 2.35. The van der Waals surface area contributed by atoms with Gasteiger partial charge in [-0.15, -0.1) is 0 Å². The first-order valence-electron chi connectivity index (χ1n) is 5.03. The van der Waals surface area contributed by atoms with Gasteiger partial charge in [-0.2, -0.15) is 0 Å². The van der Waals surface area contributed by atoms with Crippen molar-refractivity contribution in [3.63, 3.8) is 0 Å². The number of nitrogens with two attached hydrogens (primary N) is 1. The second kappa shape index (κ2) is 5.58. The summed E-state index contributed by atoms with van der Waals surface area (Å²) in [5.74, 6) is -0.463. The van der Waals surface area contributed by atoms with Gasteiger partial charge in [-0.3, -0.25) is 4.79 Å². The lowest BCUT2D eigenvalue weighted by molar-refractivity contribution is 0.0930. The van der Waals surface area contributed by atoms with E-state index in [1.54, 1.807) is 26.0 Å². The number of amidine groups is 1. The fourth-order valence-corrected chi connectivity index (χ4v) is 1.81. The molecule has 0 saturated heterocycles. The monoisotopic (exact) mass is 333 g/mol. The summed E-state index contributed by atoms with van der Waals surface area (Å²) in [5.41, 5.74) is 4.90. The van der Waals surface area contributed by atoms with Crippen molar-refractivity contribution < 1.29 is 10.0 Å². The Balaban J connectivity index is 2.99. The molecule has 5 nitrogen and oxygen atoms in total. The van der Waals surface area contributed by atoms with Crippen LogP contribution < -0.4 is 11.1 Å². The summed E-state index contributed by atoms with van der Waals surface area (Å²) >= 11 is 9.10.